The molecule has 1 unspecified atom stereocenters. The molecule has 2 aromatic carbocycles. The van der Waals surface area contributed by atoms with Crippen LogP contribution in [0.5, 0.6) is 5.75 Å². The van der Waals surface area contributed by atoms with Gasteiger partial charge in [-0.3, -0.25) is 4.72 Å². The monoisotopic (exact) mass is 349 g/mol. The number of nitrogens with one attached hydrogen (secondary N) is 1. The molecule has 6 nitrogen and oxygen atoms in total. The lowest BCUT2D eigenvalue weighted by Gasteiger charge is -2.12. The van der Waals surface area contributed by atoms with Crippen LogP contribution in [-0.2, 0) is 10.0 Å². The summed E-state index contributed by atoms with van der Waals surface area (Å²) >= 11 is 0. The third kappa shape index (κ3) is 3.86. The normalized spacial score (nSPS) is 12.6. The molecule has 0 aliphatic heterocycles. The smallest absolute Gasteiger partial charge is 0.339 e. The molecule has 0 spiro atoms. The molecule has 128 valence electrons. The van der Waals surface area contributed by atoms with Crippen LogP contribution in [0, 0.1) is 0 Å². The molecular formula is C17H19NO5S. The molecule has 0 aliphatic rings. The zero-order valence-electron chi connectivity index (χ0n) is 13.4. The van der Waals surface area contributed by atoms with Gasteiger partial charge in [-0.2, -0.15) is 0 Å². The summed E-state index contributed by atoms with van der Waals surface area (Å²) in [5.74, 6) is -1.45. The van der Waals surface area contributed by atoms with Gasteiger partial charge in [0, 0.05) is 6.07 Å². The quantitative estimate of drug-likeness (QED) is 0.741. The van der Waals surface area contributed by atoms with Crippen molar-refractivity contribution >= 4 is 21.7 Å². The third-order valence-corrected chi connectivity index (χ3v) is 5.25. The number of carboxylic acid groups (broad SMARTS) is 1. The van der Waals surface area contributed by atoms with Gasteiger partial charge in [-0.15, -0.1) is 0 Å². The maximum atomic E-state index is 12.4. The van der Waals surface area contributed by atoms with E-state index in [0.717, 1.165) is 24.1 Å². The molecule has 0 heterocycles. The number of phenols is 1. The van der Waals surface area contributed by atoms with Crippen molar-refractivity contribution in [3.8, 4) is 5.75 Å². The molecule has 0 fully saturated rings. The molecular weight excluding hydrogens is 330 g/mol. The molecule has 24 heavy (non-hydrogen) atoms. The molecule has 2 aromatic rings. The minimum Gasteiger partial charge on any atom is -0.507 e. The molecule has 3 N–H and O–H groups in total. The summed E-state index contributed by atoms with van der Waals surface area (Å²) in [6, 6.07) is 10.1. The summed E-state index contributed by atoms with van der Waals surface area (Å²) in [5.41, 5.74) is 0.847. The van der Waals surface area contributed by atoms with Crippen LogP contribution in [0.15, 0.2) is 47.4 Å². The summed E-state index contributed by atoms with van der Waals surface area (Å²) in [7, 11) is -3.82. The lowest BCUT2D eigenvalue weighted by atomic mass is 9.99. The summed E-state index contributed by atoms with van der Waals surface area (Å²) in [6.45, 7) is 4.12. The van der Waals surface area contributed by atoms with E-state index in [-0.39, 0.29) is 16.1 Å². The first-order valence-electron chi connectivity index (χ1n) is 7.43. The topological polar surface area (TPSA) is 104 Å². The van der Waals surface area contributed by atoms with Crippen molar-refractivity contribution < 1.29 is 23.4 Å². The number of benzene rings is 2. The molecule has 0 bridgehead atoms. The summed E-state index contributed by atoms with van der Waals surface area (Å²) in [6.07, 6.45) is 0.958. The van der Waals surface area contributed by atoms with Gasteiger partial charge in [0.2, 0.25) is 0 Å². The number of aromatic hydroxyl groups is 1. The minimum absolute atomic E-state index is 0.0866. The molecule has 1 atom stereocenters. The van der Waals surface area contributed by atoms with Gasteiger partial charge < -0.3 is 10.2 Å². The van der Waals surface area contributed by atoms with Crippen molar-refractivity contribution in [1.82, 2.24) is 0 Å². The molecule has 0 radical (unpaired) electrons. The Kier molecular flexibility index (Phi) is 5.14. The Morgan fingerprint density at radius 3 is 2.29 bits per heavy atom. The number of anilines is 1. The van der Waals surface area contributed by atoms with Crippen LogP contribution in [0.1, 0.15) is 42.1 Å². The largest absolute Gasteiger partial charge is 0.507 e. The number of sulfonamides is 1. The Morgan fingerprint density at radius 1 is 1.17 bits per heavy atom. The Balaban J connectivity index is 2.25. The predicted molar refractivity (Wildman–Crippen MR) is 91.0 cm³/mol. The summed E-state index contributed by atoms with van der Waals surface area (Å²) in [5, 5.41) is 18.5. The van der Waals surface area contributed by atoms with E-state index < -0.39 is 21.7 Å². The van der Waals surface area contributed by atoms with Gasteiger partial charge >= 0.3 is 5.97 Å². The Hall–Kier alpha value is -2.54. The van der Waals surface area contributed by atoms with Crippen LogP contribution in [-0.4, -0.2) is 24.6 Å². The Labute approximate surface area is 140 Å². The fraction of sp³-hybridized carbons (Fsp3) is 0.235. The van der Waals surface area contributed by atoms with Gasteiger partial charge in [-0.1, -0.05) is 26.0 Å². The van der Waals surface area contributed by atoms with Crippen molar-refractivity contribution in [2.24, 2.45) is 0 Å². The first kappa shape index (κ1) is 17.8. The van der Waals surface area contributed by atoms with Gasteiger partial charge in [0.1, 0.15) is 11.3 Å². The summed E-state index contributed by atoms with van der Waals surface area (Å²) in [4.78, 5) is 10.9. The second kappa shape index (κ2) is 6.92. The highest BCUT2D eigenvalue weighted by molar-refractivity contribution is 7.92. The molecule has 2 rings (SSSR count). The van der Waals surface area contributed by atoms with Crippen LogP contribution in [0.2, 0.25) is 0 Å². The lowest BCUT2D eigenvalue weighted by molar-refractivity contribution is 0.0694. The number of carboxylic acids is 1. The van der Waals surface area contributed by atoms with Crippen molar-refractivity contribution in [1.29, 1.82) is 0 Å². The average molecular weight is 349 g/mol. The van der Waals surface area contributed by atoms with E-state index in [9.17, 15) is 18.3 Å². The average Bonchev–Trinajstić information content (AvgIpc) is 2.53. The van der Waals surface area contributed by atoms with E-state index in [1.54, 1.807) is 12.1 Å². The SMILES string of the molecule is CCC(C)c1ccc(S(=O)(=O)Nc2ccc(C(=O)O)c(O)c2)cc1. The fourth-order valence-corrected chi connectivity index (χ4v) is 3.25. The molecule has 0 saturated carbocycles. The van der Waals surface area contributed by atoms with Gasteiger partial charge in [0.15, 0.2) is 0 Å². The van der Waals surface area contributed by atoms with E-state index >= 15 is 0 Å². The van der Waals surface area contributed by atoms with Crippen LogP contribution in [0.3, 0.4) is 0 Å². The standard InChI is InChI=1S/C17H19NO5S/c1-3-11(2)12-4-7-14(8-5-12)24(22,23)18-13-6-9-15(17(20)21)16(19)10-13/h4-11,18-19H,3H2,1-2H3,(H,20,21). The van der Waals surface area contributed by atoms with Gasteiger partial charge in [-0.25, -0.2) is 13.2 Å². The van der Waals surface area contributed by atoms with Crippen molar-refractivity contribution in [3.05, 3.63) is 53.6 Å². The van der Waals surface area contributed by atoms with Crippen LogP contribution in [0.4, 0.5) is 5.69 Å². The van der Waals surface area contributed by atoms with Crippen molar-refractivity contribution in [2.45, 2.75) is 31.1 Å². The van der Waals surface area contributed by atoms with Gasteiger partial charge in [0.05, 0.1) is 10.6 Å². The summed E-state index contributed by atoms with van der Waals surface area (Å²) < 4.78 is 27.1. The zero-order chi connectivity index (χ0) is 17.9. The van der Waals surface area contributed by atoms with Crippen molar-refractivity contribution in [2.75, 3.05) is 4.72 Å². The number of aromatic carboxylic acids is 1. The van der Waals surface area contributed by atoms with Crippen LogP contribution >= 0.6 is 0 Å². The Morgan fingerprint density at radius 2 is 1.79 bits per heavy atom. The van der Waals surface area contributed by atoms with E-state index in [1.807, 2.05) is 0 Å². The van der Waals surface area contributed by atoms with E-state index in [1.165, 1.54) is 18.2 Å². The molecule has 0 amide bonds. The molecule has 0 aliphatic carbocycles. The third-order valence-electron chi connectivity index (χ3n) is 3.85. The highest BCUT2D eigenvalue weighted by atomic mass is 32.2. The first-order chi connectivity index (χ1) is 11.2. The van der Waals surface area contributed by atoms with Crippen LogP contribution < -0.4 is 4.72 Å². The molecule has 0 saturated heterocycles. The molecule has 7 heteroatoms. The number of hydrogen-bond acceptors (Lipinski definition) is 4. The number of carbonyl (C=O) groups is 1. The second-order valence-electron chi connectivity index (χ2n) is 5.52. The second-order valence-corrected chi connectivity index (χ2v) is 7.20. The minimum atomic E-state index is -3.82. The fourth-order valence-electron chi connectivity index (χ4n) is 2.20. The first-order valence-corrected chi connectivity index (χ1v) is 8.92. The number of rotatable bonds is 6. The van der Waals surface area contributed by atoms with E-state index in [0.29, 0.717) is 5.92 Å². The van der Waals surface area contributed by atoms with Crippen LogP contribution in [0.25, 0.3) is 0 Å². The van der Waals surface area contributed by atoms with Gasteiger partial charge in [-0.05, 0) is 42.2 Å². The highest BCUT2D eigenvalue weighted by Gasteiger charge is 2.17. The molecule has 0 aromatic heterocycles. The number of hydrogen-bond donors (Lipinski definition) is 3. The zero-order valence-corrected chi connectivity index (χ0v) is 14.2. The lowest BCUT2D eigenvalue weighted by Crippen LogP contribution is -2.13. The maximum Gasteiger partial charge on any atom is 0.339 e. The van der Waals surface area contributed by atoms with Gasteiger partial charge in [0.25, 0.3) is 10.0 Å². The maximum absolute atomic E-state index is 12.4. The predicted octanol–water partition coefficient (Wildman–Crippen LogP) is 3.40. The van der Waals surface area contributed by atoms with E-state index in [4.69, 9.17) is 5.11 Å². The highest BCUT2D eigenvalue weighted by Crippen LogP contribution is 2.25. The Bertz CT molecular complexity index is 844. The van der Waals surface area contributed by atoms with Crippen molar-refractivity contribution in [3.63, 3.8) is 0 Å². The van der Waals surface area contributed by atoms with E-state index in [2.05, 4.69) is 18.6 Å².